The van der Waals surface area contributed by atoms with Gasteiger partial charge in [0, 0.05) is 37.9 Å². The maximum absolute atomic E-state index is 13.0. The van der Waals surface area contributed by atoms with Gasteiger partial charge in [0.15, 0.2) is 0 Å². The molecular weight excluding hydrogens is 409 g/mol. The van der Waals surface area contributed by atoms with E-state index in [-0.39, 0.29) is 17.4 Å². The molecule has 0 saturated carbocycles. The van der Waals surface area contributed by atoms with Crippen LogP contribution in [0.25, 0.3) is 11.4 Å². The van der Waals surface area contributed by atoms with Crippen LogP contribution < -0.4 is 4.90 Å². The number of benzene rings is 1. The molecule has 0 spiro atoms. The molecule has 1 aromatic carbocycles. The Bertz CT molecular complexity index is 1080. The van der Waals surface area contributed by atoms with E-state index < -0.39 is 11.7 Å². The van der Waals surface area contributed by atoms with Gasteiger partial charge in [-0.1, -0.05) is 17.3 Å². The Kier molecular flexibility index (Phi) is 5.61. The minimum absolute atomic E-state index is 0.133. The number of rotatable bonds is 4. The van der Waals surface area contributed by atoms with Crippen molar-refractivity contribution in [2.45, 2.75) is 19.1 Å². The zero-order valence-electron chi connectivity index (χ0n) is 16.7. The molecule has 3 aromatic rings. The van der Waals surface area contributed by atoms with Crippen molar-refractivity contribution in [1.29, 1.82) is 5.26 Å². The number of anilines is 1. The molecule has 0 N–H and O–H groups in total. The van der Waals surface area contributed by atoms with Gasteiger partial charge in [0.2, 0.25) is 11.7 Å². The number of nitriles is 1. The van der Waals surface area contributed by atoms with E-state index in [2.05, 4.69) is 31.0 Å². The summed E-state index contributed by atoms with van der Waals surface area (Å²) < 4.78 is 44.2. The first-order valence-electron chi connectivity index (χ1n) is 9.71. The topological polar surface area (TPSA) is 82.1 Å². The van der Waals surface area contributed by atoms with Crippen LogP contribution in [0.3, 0.4) is 0 Å². The molecule has 1 unspecified atom stereocenters. The highest BCUT2D eigenvalue weighted by Crippen LogP contribution is 2.32. The van der Waals surface area contributed by atoms with Crippen LogP contribution in [-0.2, 0) is 6.18 Å². The van der Waals surface area contributed by atoms with Crippen molar-refractivity contribution in [1.82, 2.24) is 20.0 Å². The zero-order chi connectivity index (χ0) is 22.0. The van der Waals surface area contributed by atoms with E-state index in [1.165, 1.54) is 12.1 Å². The number of hydrogen-bond acceptors (Lipinski definition) is 7. The quantitative estimate of drug-likeness (QED) is 0.623. The molecule has 31 heavy (non-hydrogen) atoms. The largest absolute Gasteiger partial charge is 0.416 e. The highest BCUT2D eigenvalue weighted by molar-refractivity contribution is 5.55. The number of halogens is 3. The average Bonchev–Trinajstić information content (AvgIpc) is 3.29. The molecule has 0 radical (unpaired) electrons. The Labute approximate surface area is 176 Å². The fourth-order valence-corrected chi connectivity index (χ4v) is 3.49. The summed E-state index contributed by atoms with van der Waals surface area (Å²) in [6.07, 6.45) is -2.88. The second kappa shape index (κ2) is 8.35. The van der Waals surface area contributed by atoms with Crippen molar-refractivity contribution >= 4 is 5.82 Å². The van der Waals surface area contributed by atoms with E-state index in [9.17, 15) is 13.2 Å². The van der Waals surface area contributed by atoms with Crippen molar-refractivity contribution in [3.05, 3.63) is 59.6 Å². The highest BCUT2D eigenvalue weighted by Gasteiger charge is 2.31. The molecule has 4 rings (SSSR count). The summed E-state index contributed by atoms with van der Waals surface area (Å²) >= 11 is 0. The summed E-state index contributed by atoms with van der Waals surface area (Å²) in [5.74, 6) is 1.31. The summed E-state index contributed by atoms with van der Waals surface area (Å²) in [5.41, 5.74) is 0.0228. The fourth-order valence-electron chi connectivity index (χ4n) is 3.49. The molecule has 1 aliphatic heterocycles. The predicted octanol–water partition coefficient (Wildman–Crippen LogP) is 3.91. The monoisotopic (exact) mass is 428 g/mol. The summed E-state index contributed by atoms with van der Waals surface area (Å²) in [6.45, 7) is 4.85. The molecular formula is C21H19F3N6O. The lowest BCUT2D eigenvalue weighted by atomic mass is 10.1. The van der Waals surface area contributed by atoms with Crippen LogP contribution in [0.5, 0.6) is 0 Å². The first kappa shape index (κ1) is 20.8. The lowest BCUT2D eigenvalue weighted by Crippen LogP contribution is -2.47. The first-order valence-corrected chi connectivity index (χ1v) is 9.71. The van der Waals surface area contributed by atoms with Gasteiger partial charge < -0.3 is 9.42 Å². The van der Waals surface area contributed by atoms with E-state index >= 15 is 0 Å². The average molecular weight is 428 g/mol. The van der Waals surface area contributed by atoms with E-state index in [4.69, 9.17) is 9.78 Å². The Morgan fingerprint density at radius 3 is 2.55 bits per heavy atom. The van der Waals surface area contributed by atoms with Crippen molar-refractivity contribution in [3.8, 4) is 17.5 Å². The van der Waals surface area contributed by atoms with Crippen LogP contribution >= 0.6 is 0 Å². The van der Waals surface area contributed by atoms with Gasteiger partial charge in [-0.15, -0.1) is 0 Å². The van der Waals surface area contributed by atoms with Gasteiger partial charge in [-0.3, -0.25) is 4.90 Å². The maximum atomic E-state index is 13.0. The first-order chi connectivity index (χ1) is 14.8. The van der Waals surface area contributed by atoms with Gasteiger partial charge in [-0.05, 0) is 31.2 Å². The minimum Gasteiger partial charge on any atom is -0.354 e. The molecule has 0 amide bonds. The van der Waals surface area contributed by atoms with E-state index in [1.807, 2.05) is 13.0 Å². The third kappa shape index (κ3) is 4.51. The third-order valence-electron chi connectivity index (χ3n) is 5.31. The predicted molar refractivity (Wildman–Crippen MR) is 106 cm³/mol. The normalized spacial score (nSPS) is 16.2. The van der Waals surface area contributed by atoms with Crippen molar-refractivity contribution < 1.29 is 17.7 Å². The van der Waals surface area contributed by atoms with E-state index in [0.717, 1.165) is 44.1 Å². The summed E-state index contributed by atoms with van der Waals surface area (Å²) in [4.78, 5) is 13.0. The smallest absolute Gasteiger partial charge is 0.354 e. The van der Waals surface area contributed by atoms with Gasteiger partial charge in [0.1, 0.15) is 11.9 Å². The zero-order valence-corrected chi connectivity index (χ0v) is 16.7. The van der Waals surface area contributed by atoms with Gasteiger partial charge in [-0.2, -0.15) is 23.4 Å². The number of aromatic nitrogens is 3. The van der Waals surface area contributed by atoms with Crippen LogP contribution in [0.4, 0.5) is 19.0 Å². The molecule has 10 heteroatoms. The van der Waals surface area contributed by atoms with Gasteiger partial charge in [0.25, 0.3) is 0 Å². The van der Waals surface area contributed by atoms with Crippen molar-refractivity contribution in [2.75, 3.05) is 31.1 Å². The molecule has 1 aliphatic rings. The van der Waals surface area contributed by atoms with Crippen LogP contribution in [-0.4, -0.2) is 46.2 Å². The van der Waals surface area contributed by atoms with Crippen LogP contribution in [0.2, 0.25) is 0 Å². The molecule has 0 aliphatic carbocycles. The summed E-state index contributed by atoms with van der Waals surface area (Å²) in [5, 5.41) is 12.8. The molecule has 0 bridgehead atoms. The fraction of sp³-hybridized carbons (Fsp3) is 0.333. The second-order valence-electron chi connectivity index (χ2n) is 7.25. The maximum Gasteiger partial charge on any atom is 0.416 e. The van der Waals surface area contributed by atoms with E-state index in [0.29, 0.717) is 11.5 Å². The van der Waals surface area contributed by atoms with Gasteiger partial charge in [0.05, 0.1) is 17.2 Å². The minimum atomic E-state index is -4.43. The molecule has 3 heterocycles. The number of alkyl halides is 3. The van der Waals surface area contributed by atoms with Crippen LogP contribution in [0.1, 0.15) is 30.0 Å². The standard InChI is InChI=1S/C21H19F3N6O/c1-14(29-7-9-30(10-8-29)18-6-5-15(12-25)13-26-18)20-27-19(28-31-20)16-3-2-4-17(11-16)21(22,23)24/h2-6,11,13-14H,7-10H2,1H3. The number of hydrogen-bond donors (Lipinski definition) is 0. The lowest BCUT2D eigenvalue weighted by molar-refractivity contribution is -0.137. The second-order valence-corrected chi connectivity index (χ2v) is 7.25. The summed E-state index contributed by atoms with van der Waals surface area (Å²) in [7, 11) is 0. The SMILES string of the molecule is CC(c1nc(-c2cccc(C(F)(F)F)c2)no1)N1CCN(c2ccc(C#N)cn2)CC1. The summed E-state index contributed by atoms with van der Waals surface area (Å²) in [6, 6.07) is 10.3. The third-order valence-corrected chi connectivity index (χ3v) is 5.31. The Hall–Kier alpha value is -3.45. The lowest BCUT2D eigenvalue weighted by Gasteiger charge is -2.37. The highest BCUT2D eigenvalue weighted by atomic mass is 19.4. The van der Waals surface area contributed by atoms with Crippen LogP contribution in [0, 0.1) is 11.3 Å². The Morgan fingerprint density at radius 1 is 1.13 bits per heavy atom. The van der Waals surface area contributed by atoms with Crippen molar-refractivity contribution in [3.63, 3.8) is 0 Å². The molecule has 7 nitrogen and oxygen atoms in total. The molecule has 1 fully saturated rings. The van der Waals surface area contributed by atoms with E-state index in [1.54, 1.807) is 12.3 Å². The Morgan fingerprint density at radius 2 is 1.90 bits per heavy atom. The molecule has 1 saturated heterocycles. The van der Waals surface area contributed by atoms with Gasteiger partial charge >= 0.3 is 6.18 Å². The molecule has 160 valence electrons. The van der Waals surface area contributed by atoms with Gasteiger partial charge in [-0.25, -0.2) is 4.98 Å². The number of nitrogens with zero attached hydrogens (tertiary/aromatic N) is 6. The van der Waals surface area contributed by atoms with Crippen LogP contribution in [0.15, 0.2) is 47.1 Å². The Balaban J connectivity index is 1.41. The number of pyridine rings is 1. The molecule has 2 aromatic heterocycles. The number of piperazine rings is 1. The van der Waals surface area contributed by atoms with Crippen molar-refractivity contribution in [2.24, 2.45) is 0 Å². The molecule has 1 atom stereocenters.